The van der Waals surface area contributed by atoms with Crippen molar-refractivity contribution in [1.29, 1.82) is 0 Å². The lowest BCUT2D eigenvalue weighted by Crippen LogP contribution is -2.21. The molecule has 0 unspecified atom stereocenters. The largest absolute Gasteiger partial charge is 0.372 e. The minimum Gasteiger partial charge on any atom is -0.372 e. The zero-order chi connectivity index (χ0) is 24.1. The first-order valence-electron chi connectivity index (χ1n) is 11.3. The molecule has 0 N–H and O–H groups in total. The second-order valence-electron chi connectivity index (χ2n) is 7.96. The molecule has 0 radical (unpaired) electrons. The Hall–Kier alpha value is -4.13. The molecular formula is C27H27N5O2. The number of rotatable bonds is 9. The number of fused-ring (bicyclic) bond motifs is 1. The van der Waals surface area contributed by atoms with Crippen LogP contribution in [0.5, 0.6) is 0 Å². The second kappa shape index (κ2) is 10.2. The van der Waals surface area contributed by atoms with E-state index in [0.717, 1.165) is 24.2 Å². The summed E-state index contributed by atoms with van der Waals surface area (Å²) >= 11 is 0. The highest BCUT2D eigenvalue weighted by atomic mass is 16.1. The van der Waals surface area contributed by atoms with Gasteiger partial charge in [0.1, 0.15) is 11.3 Å². The average Bonchev–Trinajstić information content (AvgIpc) is 2.85. The Bertz CT molecular complexity index is 1390. The molecule has 2 aromatic carbocycles. The summed E-state index contributed by atoms with van der Waals surface area (Å²) in [6.07, 6.45) is 4.96. The Morgan fingerprint density at radius 3 is 2.50 bits per heavy atom. The van der Waals surface area contributed by atoms with Gasteiger partial charge in [0, 0.05) is 31.6 Å². The summed E-state index contributed by atoms with van der Waals surface area (Å²) in [5.74, 6) is 0.517. The summed E-state index contributed by atoms with van der Waals surface area (Å²) in [5, 5.41) is 0. The number of nitrogens with zero attached hydrogens (tertiary/aromatic N) is 5. The molecule has 34 heavy (non-hydrogen) atoms. The maximum Gasteiger partial charge on any atom is 0.275 e. The van der Waals surface area contributed by atoms with E-state index in [9.17, 15) is 9.59 Å². The van der Waals surface area contributed by atoms with Gasteiger partial charge in [-0.1, -0.05) is 30.8 Å². The summed E-state index contributed by atoms with van der Waals surface area (Å²) < 4.78 is 1.51. The molecule has 7 heteroatoms. The first kappa shape index (κ1) is 23.0. The zero-order valence-electron chi connectivity index (χ0n) is 19.4. The standard InChI is InChI=1S/C27H27N5O2/c1-4-23(33)15-20-8-7-9-22(14-20)32-26(34)18-28-24-17-29-25(30-27(24)32)16-19-10-12-21(13-11-19)31(5-2)6-3/h4,7-14,17-18H,1,5-6,15-16H2,2-3H3. The van der Waals surface area contributed by atoms with Gasteiger partial charge in [-0.05, 0) is 55.3 Å². The maximum absolute atomic E-state index is 12.8. The molecule has 2 heterocycles. The fourth-order valence-electron chi connectivity index (χ4n) is 3.95. The van der Waals surface area contributed by atoms with Crippen LogP contribution in [0.4, 0.5) is 5.69 Å². The summed E-state index contributed by atoms with van der Waals surface area (Å²) in [5.41, 5.74) is 4.34. The molecule has 2 aromatic heterocycles. The van der Waals surface area contributed by atoms with Crippen molar-refractivity contribution in [3.8, 4) is 5.69 Å². The van der Waals surface area contributed by atoms with Crippen LogP contribution >= 0.6 is 0 Å². The molecule has 0 aliphatic carbocycles. The molecule has 4 aromatic rings. The number of ketones is 1. The van der Waals surface area contributed by atoms with Crippen LogP contribution in [0.1, 0.15) is 30.8 Å². The molecule has 7 nitrogen and oxygen atoms in total. The third-order valence-electron chi connectivity index (χ3n) is 5.75. The van der Waals surface area contributed by atoms with Crippen LogP contribution in [-0.2, 0) is 17.6 Å². The average molecular weight is 454 g/mol. The van der Waals surface area contributed by atoms with E-state index in [1.54, 1.807) is 6.20 Å². The molecule has 0 aliphatic heterocycles. The fourth-order valence-corrected chi connectivity index (χ4v) is 3.95. The van der Waals surface area contributed by atoms with E-state index in [-0.39, 0.29) is 17.8 Å². The van der Waals surface area contributed by atoms with Gasteiger partial charge in [0.05, 0.1) is 18.1 Å². The summed E-state index contributed by atoms with van der Waals surface area (Å²) in [4.78, 5) is 40.3. The highest BCUT2D eigenvalue weighted by Gasteiger charge is 2.12. The Morgan fingerprint density at radius 1 is 1.03 bits per heavy atom. The van der Waals surface area contributed by atoms with Gasteiger partial charge in [-0.25, -0.2) is 15.0 Å². The lowest BCUT2D eigenvalue weighted by Gasteiger charge is -2.21. The number of carbonyl (C=O) groups excluding carboxylic acids is 1. The molecule has 0 aliphatic rings. The summed E-state index contributed by atoms with van der Waals surface area (Å²) in [6.45, 7) is 9.72. The van der Waals surface area contributed by atoms with Gasteiger partial charge < -0.3 is 4.90 Å². The smallest absolute Gasteiger partial charge is 0.275 e. The van der Waals surface area contributed by atoms with Gasteiger partial charge >= 0.3 is 0 Å². The van der Waals surface area contributed by atoms with Crippen LogP contribution < -0.4 is 10.5 Å². The van der Waals surface area contributed by atoms with E-state index in [1.807, 2.05) is 24.3 Å². The molecule has 4 rings (SSSR count). The fraction of sp³-hybridized carbons (Fsp3) is 0.222. The Kier molecular flexibility index (Phi) is 6.92. The van der Waals surface area contributed by atoms with Crippen molar-refractivity contribution in [3.05, 3.63) is 101 Å². The van der Waals surface area contributed by atoms with Crippen LogP contribution in [-0.4, -0.2) is 38.4 Å². The van der Waals surface area contributed by atoms with E-state index in [1.165, 1.54) is 22.5 Å². The minimum atomic E-state index is -0.298. The first-order chi connectivity index (χ1) is 16.5. The van der Waals surface area contributed by atoms with E-state index in [2.05, 4.69) is 59.6 Å². The molecule has 172 valence electrons. The van der Waals surface area contributed by atoms with E-state index < -0.39 is 0 Å². The van der Waals surface area contributed by atoms with Crippen molar-refractivity contribution in [2.75, 3.05) is 18.0 Å². The van der Waals surface area contributed by atoms with Crippen LogP contribution in [0.15, 0.2) is 78.4 Å². The van der Waals surface area contributed by atoms with Crippen molar-refractivity contribution in [2.45, 2.75) is 26.7 Å². The van der Waals surface area contributed by atoms with Crippen LogP contribution in [0.25, 0.3) is 16.9 Å². The maximum atomic E-state index is 12.8. The highest BCUT2D eigenvalue weighted by molar-refractivity contribution is 5.90. The Balaban J connectivity index is 1.70. The predicted octanol–water partition coefficient (Wildman–Crippen LogP) is 3.91. The van der Waals surface area contributed by atoms with Crippen molar-refractivity contribution < 1.29 is 4.79 Å². The van der Waals surface area contributed by atoms with Crippen LogP contribution in [0.2, 0.25) is 0 Å². The van der Waals surface area contributed by atoms with Gasteiger partial charge in [0.15, 0.2) is 11.4 Å². The number of allylic oxidation sites excluding steroid dienone is 1. The number of hydrogen-bond donors (Lipinski definition) is 0. The van der Waals surface area contributed by atoms with Crippen LogP contribution in [0.3, 0.4) is 0 Å². The molecule has 0 spiro atoms. The topological polar surface area (TPSA) is 81.0 Å². The number of anilines is 1. The molecule has 0 saturated carbocycles. The SMILES string of the molecule is C=CC(=O)Cc1cccc(-n2c(=O)cnc3cnc(Cc4ccc(N(CC)CC)cc4)nc32)c1. The van der Waals surface area contributed by atoms with Gasteiger partial charge in [-0.3, -0.25) is 14.2 Å². The van der Waals surface area contributed by atoms with Crippen molar-refractivity contribution in [1.82, 2.24) is 19.5 Å². The van der Waals surface area contributed by atoms with E-state index in [0.29, 0.717) is 29.1 Å². The molecule has 0 saturated heterocycles. The number of carbonyl (C=O) groups is 1. The Morgan fingerprint density at radius 2 is 1.79 bits per heavy atom. The van der Waals surface area contributed by atoms with E-state index >= 15 is 0 Å². The zero-order valence-corrected chi connectivity index (χ0v) is 19.4. The quantitative estimate of drug-likeness (QED) is 0.358. The first-order valence-corrected chi connectivity index (χ1v) is 11.3. The van der Waals surface area contributed by atoms with E-state index in [4.69, 9.17) is 4.98 Å². The van der Waals surface area contributed by atoms with Crippen LogP contribution in [0, 0.1) is 0 Å². The summed E-state index contributed by atoms with van der Waals surface area (Å²) in [7, 11) is 0. The van der Waals surface area contributed by atoms with Gasteiger partial charge in [0.2, 0.25) is 0 Å². The number of benzene rings is 2. The van der Waals surface area contributed by atoms with Crippen molar-refractivity contribution >= 4 is 22.6 Å². The Labute approximate surface area is 198 Å². The highest BCUT2D eigenvalue weighted by Crippen LogP contribution is 2.18. The predicted molar refractivity (Wildman–Crippen MR) is 135 cm³/mol. The minimum absolute atomic E-state index is 0.0827. The number of hydrogen-bond acceptors (Lipinski definition) is 6. The third-order valence-corrected chi connectivity index (χ3v) is 5.75. The summed E-state index contributed by atoms with van der Waals surface area (Å²) in [6, 6.07) is 15.7. The van der Waals surface area contributed by atoms with Crippen molar-refractivity contribution in [2.24, 2.45) is 0 Å². The van der Waals surface area contributed by atoms with Crippen molar-refractivity contribution in [3.63, 3.8) is 0 Å². The monoisotopic (exact) mass is 453 g/mol. The van der Waals surface area contributed by atoms with Gasteiger partial charge in [-0.2, -0.15) is 0 Å². The lowest BCUT2D eigenvalue weighted by molar-refractivity contribution is -0.114. The third kappa shape index (κ3) is 4.93. The molecule has 0 amide bonds. The molecule has 0 bridgehead atoms. The van der Waals surface area contributed by atoms with Gasteiger partial charge in [0.25, 0.3) is 5.56 Å². The molecule has 0 atom stereocenters. The molecular weight excluding hydrogens is 426 g/mol. The normalized spacial score (nSPS) is 10.9. The lowest BCUT2D eigenvalue weighted by atomic mass is 10.1. The molecule has 0 fully saturated rings. The second-order valence-corrected chi connectivity index (χ2v) is 7.96. The number of aromatic nitrogens is 4. The van der Waals surface area contributed by atoms with Gasteiger partial charge in [-0.15, -0.1) is 0 Å².